The molecule has 1 aliphatic carbocycles. The molecule has 1 amide bonds. The maximum Gasteiger partial charge on any atom is 0.433 e. The number of nitrogens with one attached hydrogen (secondary N) is 1. The molecule has 4 rings (SSSR count). The standard InChI is InChI=1S/C18H19F3N6O/c1-11-9-23-26(10-11)6-2-5-22-17(28)14-8-16-24-13(12-3-4-12)7-15(18(19,20)21)27(16)25-14/h7-10,12H,2-6H2,1H3,(H,22,28). The number of aromatic nitrogens is 5. The molecule has 0 aliphatic heterocycles. The minimum Gasteiger partial charge on any atom is -0.351 e. The van der Waals surface area contributed by atoms with Crippen molar-refractivity contribution in [1.29, 1.82) is 0 Å². The van der Waals surface area contributed by atoms with Crippen molar-refractivity contribution >= 4 is 11.6 Å². The van der Waals surface area contributed by atoms with Gasteiger partial charge < -0.3 is 5.32 Å². The smallest absolute Gasteiger partial charge is 0.351 e. The van der Waals surface area contributed by atoms with E-state index in [-0.39, 0.29) is 17.3 Å². The van der Waals surface area contributed by atoms with Crippen LogP contribution in [0.3, 0.4) is 0 Å². The molecule has 1 N–H and O–H groups in total. The normalized spacial score (nSPS) is 14.6. The van der Waals surface area contributed by atoms with Crippen LogP contribution in [0.1, 0.15) is 52.6 Å². The molecule has 1 aliphatic rings. The lowest BCUT2D eigenvalue weighted by atomic mass is 10.2. The van der Waals surface area contributed by atoms with E-state index < -0.39 is 17.8 Å². The van der Waals surface area contributed by atoms with Gasteiger partial charge in [0.15, 0.2) is 11.3 Å². The molecule has 0 saturated heterocycles. The third-order valence-corrected chi connectivity index (χ3v) is 4.58. The summed E-state index contributed by atoms with van der Waals surface area (Å²) in [6, 6.07) is 2.33. The third-order valence-electron chi connectivity index (χ3n) is 4.58. The van der Waals surface area contributed by atoms with Gasteiger partial charge in [0.05, 0.1) is 6.20 Å². The highest BCUT2D eigenvalue weighted by Gasteiger charge is 2.37. The average molecular weight is 392 g/mol. The number of hydrogen-bond donors (Lipinski definition) is 1. The first kappa shape index (κ1) is 18.5. The number of halogens is 3. The van der Waals surface area contributed by atoms with Crippen molar-refractivity contribution in [3.8, 4) is 0 Å². The first-order valence-corrected chi connectivity index (χ1v) is 9.06. The van der Waals surface area contributed by atoms with Crippen molar-refractivity contribution in [2.75, 3.05) is 6.54 Å². The molecule has 0 atom stereocenters. The molecular formula is C18H19F3N6O. The Hall–Kier alpha value is -2.91. The van der Waals surface area contributed by atoms with Crippen molar-refractivity contribution < 1.29 is 18.0 Å². The van der Waals surface area contributed by atoms with Crippen LogP contribution < -0.4 is 5.32 Å². The lowest BCUT2D eigenvalue weighted by molar-refractivity contribution is -0.142. The fourth-order valence-corrected chi connectivity index (χ4v) is 3.02. The second-order valence-electron chi connectivity index (χ2n) is 7.03. The minimum absolute atomic E-state index is 0.0360. The Kier molecular flexibility index (Phi) is 4.56. The SMILES string of the molecule is Cc1cnn(CCCNC(=O)c2cc3nc(C4CC4)cc(C(F)(F)F)n3n2)c1. The second kappa shape index (κ2) is 6.92. The summed E-state index contributed by atoms with van der Waals surface area (Å²) >= 11 is 0. The molecule has 10 heteroatoms. The Morgan fingerprint density at radius 3 is 2.75 bits per heavy atom. The summed E-state index contributed by atoms with van der Waals surface area (Å²) < 4.78 is 42.7. The summed E-state index contributed by atoms with van der Waals surface area (Å²) in [7, 11) is 0. The van der Waals surface area contributed by atoms with Crippen LogP contribution in [0.5, 0.6) is 0 Å². The number of carbonyl (C=O) groups excluding carboxylic acids is 1. The average Bonchev–Trinajstić information content (AvgIpc) is 3.26. The van der Waals surface area contributed by atoms with Crippen LogP contribution in [0.15, 0.2) is 24.5 Å². The van der Waals surface area contributed by atoms with Gasteiger partial charge in [-0.1, -0.05) is 0 Å². The molecule has 148 valence electrons. The van der Waals surface area contributed by atoms with Gasteiger partial charge in [-0.3, -0.25) is 9.48 Å². The highest BCUT2D eigenvalue weighted by atomic mass is 19.4. The summed E-state index contributed by atoms with van der Waals surface area (Å²) in [6.45, 7) is 2.93. The van der Waals surface area contributed by atoms with Crippen LogP contribution in [0, 0.1) is 6.92 Å². The van der Waals surface area contributed by atoms with Gasteiger partial charge in [-0.2, -0.15) is 23.4 Å². The predicted octanol–water partition coefficient (Wildman–Crippen LogP) is 2.95. The largest absolute Gasteiger partial charge is 0.433 e. The first-order chi connectivity index (χ1) is 13.3. The molecular weight excluding hydrogens is 373 g/mol. The Morgan fingerprint density at radius 1 is 1.32 bits per heavy atom. The number of nitrogens with zero attached hydrogens (tertiary/aromatic N) is 5. The molecule has 0 radical (unpaired) electrons. The molecule has 3 heterocycles. The summed E-state index contributed by atoms with van der Waals surface area (Å²) in [5, 5.41) is 10.7. The van der Waals surface area contributed by atoms with Crippen molar-refractivity contribution in [2.45, 2.75) is 44.8 Å². The van der Waals surface area contributed by atoms with Gasteiger partial charge in [0.2, 0.25) is 0 Å². The van der Waals surface area contributed by atoms with E-state index in [0.717, 1.165) is 24.5 Å². The van der Waals surface area contributed by atoms with Crippen LogP contribution >= 0.6 is 0 Å². The summed E-state index contributed by atoms with van der Waals surface area (Å²) in [4.78, 5) is 16.6. The number of aryl methyl sites for hydroxylation is 2. The molecule has 7 nitrogen and oxygen atoms in total. The lowest BCUT2D eigenvalue weighted by Crippen LogP contribution is -2.26. The van der Waals surface area contributed by atoms with E-state index in [1.54, 1.807) is 10.9 Å². The fraction of sp³-hybridized carbons (Fsp3) is 0.444. The number of carbonyl (C=O) groups is 1. The van der Waals surface area contributed by atoms with E-state index in [0.29, 0.717) is 29.7 Å². The summed E-state index contributed by atoms with van der Waals surface area (Å²) in [5.74, 6) is -0.465. The van der Waals surface area contributed by atoms with Gasteiger partial charge in [0, 0.05) is 37.0 Å². The zero-order valence-electron chi connectivity index (χ0n) is 15.2. The van der Waals surface area contributed by atoms with Gasteiger partial charge in [-0.05, 0) is 37.8 Å². The predicted molar refractivity (Wildman–Crippen MR) is 93.9 cm³/mol. The molecule has 0 unspecified atom stereocenters. The van der Waals surface area contributed by atoms with Crippen molar-refractivity contribution in [3.63, 3.8) is 0 Å². The van der Waals surface area contributed by atoms with Gasteiger partial charge in [0.1, 0.15) is 5.69 Å². The van der Waals surface area contributed by atoms with Crippen LogP contribution in [0.25, 0.3) is 5.65 Å². The number of amides is 1. The van der Waals surface area contributed by atoms with E-state index >= 15 is 0 Å². The third kappa shape index (κ3) is 3.85. The van der Waals surface area contributed by atoms with E-state index in [4.69, 9.17) is 0 Å². The van der Waals surface area contributed by atoms with E-state index in [2.05, 4.69) is 20.5 Å². The van der Waals surface area contributed by atoms with Crippen molar-refractivity contribution in [2.24, 2.45) is 0 Å². The molecule has 0 bridgehead atoms. The van der Waals surface area contributed by atoms with Crippen molar-refractivity contribution in [1.82, 2.24) is 29.7 Å². The Morgan fingerprint density at radius 2 is 2.11 bits per heavy atom. The molecule has 0 aromatic carbocycles. The Bertz CT molecular complexity index is 1020. The summed E-state index contributed by atoms with van der Waals surface area (Å²) in [6.07, 6.45) is 1.36. The lowest BCUT2D eigenvalue weighted by Gasteiger charge is -2.10. The van der Waals surface area contributed by atoms with Crippen molar-refractivity contribution in [3.05, 3.63) is 47.2 Å². The molecule has 1 fully saturated rings. The maximum atomic E-state index is 13.4. The van der Waals surface area contributed by atoms with Crippen LogP contribution in [-0.4, -0.2) is 36.8 Å². The summed E-state index contributed by atoms with van der Waals surface area (Å²) in [5.41, 5.74) is 0.496. The Labute approximate surface area is 158 Å². The highest BCUT2D eigenvalue weighted by Crippen LogP contribution is 2.41. The van der Waals surface area contributed by atoms with Gasteiger partial charge in [-0.25, -0.2) is 9.50 Å². The zero-order chi connectivity index (χ0) is 19.9. The number of rotatable bonds is 6. The van der Waals surface area contributed by atoms with Gasteiger partial charge >= 0.3 is 6.18 Å². The molecule has 1 saturated carbocycles. The van der Waals surface area contributed by atoms with Gasteiger partial charge in [0.25, 0.3) is 5.91 Å². The van der Waals surface area contributed by atoms with Crippen LogP contribution in [0.4, 0.5) is 13.2 Å². The fourth-order valence-electron chi connectivity index (χ4n) is 3.02. The highest BCUT2D eigenvalue weighted by molar-refractivity contribution is 5.93. The topological polar surface area (TPSA) is 77.1 Å². The molecule has 3 aromatic heterocycles. The Balaban J connectivity index is 1.48. The minimum atomic E-state index is -4.58. The quantitative estimate of drug-likeness (QED) is 0.655. The maximum absolute atomic E-state index is 13.4. The molecule has 0 spiro atoms. The first-order valence-electron chi connectivity index (χ1n) is 9.06. The number of hydrogen-bond acceptors (Lipinski definition) is 4. The van der Waals surface area contributed by atoms with E-state index in [1.165, 1.54) is 6.07 Å². The number of fused-ring (bicyclic) bond motifs is 1. The van der Waals surface area contributed by atoms with E-state index in [9.17, 15) is 18.0 Å². The number of alkyl halides is 3. The molecule has 3 aromatic rings. The zero-order valence-corrected chi connectivity index (χ0v) is 15.2. The monoisotopic (exact) mass is 392 g/mol. The molecule has 28 heavy (non-hydrogen) atoms. The van der Waals surface area contributed by atoms with E-state index in [1.807, 2.05) is 13.1 Å². The second-order valence-corrected chi connectivity index (χ2v) is 7.03. The van der Waals surface area contributed by atoms with Crippen LogP contribution in [-0.2, 0) is 12.7 Å². The van der Waals surface area contributed by atoms with Gasteiger partial charge in [-0.15, -0.1) is 0 Å². The van der Waals surface area contributed by atoms with Crippen LogP contribution in [0.2, 0.25) is 0 Å².